The van der Waals surface area contributed by atoms with Crippen LogP contribution in [0.2, 0.25) is 0 Å². The van der Waals surface area contributed by atoms with Gasteiger partial charge in [0.2, 0.25) is 0 Å². The zero-order chi connectivity index (χ0) is 10.3. The highest BCUT2D eigenvalue weighted by Crippen LogP contribution is 2.26. The summed E-state index contributed by atoms with van der Waals surface area (Å²) >= 11 is 5.54. The summed E-state index contributed by atoms with van der Waals surface area (Å²) in [6, 6.07) is 5.87. The van der Waals surface area contributed by atoms with Crippen LogP contribution < -0.4 is 0 Å². The molecule has 0 fully saturated rings. The summed E-state index contributed by atoms with van der Waals surface area (Å²) in [7, 11) is 0. The summed E-state index contributed by atoms with van der Waals surface area (Å²) in [5.41, 5.74) is 1.78. The maximum absolute atomic E-state index is 11.4. The Kier molecular flexibility index (Phi) is 2.66. The van der Waals surface area contributed by atoms with Crippen molar-refractivity contribution in [1.82, 2.24) is 4.98 Å². The van der Waals surface area contributed by atoms with E-state index in [0.717, 1.165) is 24.6 Å². The first-order valence-corrected chi connectivity index (χ1v) is 5.94. The highest BCUT2D eigenvalue weighted by molar-refractivity contribution is 14.1. The molecule has 0 aliphatic heterocycles. The van der Waals surface area contributed by atoms with Crippen molar-refractivity contribution in [2.75, 3.05) is 0 Å². The molecule has 0 atom stereocenters. The van der Waals surface area contributed by atoms with E-state index >= 15 is 0 Å². The van der Waals surface area contributed by atoms with Crippen LogP contribution in [-0.2, 0) is 0 Å². The highest BCUT2D eigenvalue weighted by atomic mass is 127. The van der Waals surface area contributed by atoms with Gasteiger partial charge in [-0.15, -0.1) is 0 Å². The summed E-state index contributed by atoms with van der Waals surface area (Å²) in [5, 5.41) is 0.991. The largest absolute Gasteiger partial charge is 0.349 e. The Bertz CT molecular complexity index is 518. The van der Waals surface area contributed by atoms with Gasteiger partial charge in [-0.3, -0.25) is 4.79 Å². The molecule has 1 N–H and O–H groups in total. The third kappa shape index (κ3) is 1.61. The molecular weight excluding hydrogens is 357 g/mol. The molecule has 0 saturated heterocycles. The van der Waals surface area contributed by atoms with Gasteiger partial charge in [-0.05, 0) is 41.6 Å². The fourth-order valence-corrected chi connectivity index (χ4v) is 2.80. The maximum Gasteiger partial charge on any atom is 0.163 e. The molecule has 0 bridgehead atoms. The summed E-state index contributed by atoms with van der Waals surface area (Å²) in [4.78, 5) is 14.6. The van der Waals surface area contributed by atoms with Crippen LogP contribution in [0.25, 0.3) is 10.9 Å². The van der Waals surface area contributed by atoms with E-state index in [1.54, 1.807) is 6.92 Å². The third-order valence-electron chi connectivity index (χ3n) is 2.07. The number of hydrogen-bond donors (Lipinski definition) is 1. The smallest absolute Gasteiger partial charge is 0.163 e. The van der Waals surface area contributed by atoms with E-state index in [-0.39, 0.29) is 5.78 Å². The number of hydrogen-bond acceptors (Lipinski definition) is 1. The van der Waals surface area contributed by atoms with Gasteiger partial charge in [0.1, 0.15) is 0 Å². The lowest BCUT2D eigenvalue weighted by atomic mass is 10.1. The van der Waals surface area contributed by atoms with E-state index in [1.165, 1.54) is 0 Å². The Morgan fingerprint density at radius 3 is 2.86 bits per heavy atom. The summed E-state index contributed by atoms with van der Waals surface area (Å²) in [6.45, 7) is 1.59. The minimum atomic E-state index is 0.1000. The van der Waals surface area contributed by atoms with Gasteiger partial charge in [0.15, 0.2) is 5.78 Å². The van der Waals surface area contributed by atoms with E-state index in [1.807, 2.05) is 18.2 Å². The molecule has 0 aliphatic carbocycles. The second-order valence-electron chi connectivity index (χ2n) is 3.06. The number of benzene rings is 1. The fourth-order valence-electron chi connectivity index (χ4n) is 1.48. The number of halogens is 2. The zero-order valence-corrected chi connectivity index (χ0v) is 11.1. The van der Waals surface area contributed by atoms with Crippen LogP contribution >= 0.6 is 38.5 Å². The van der Waals surface area contributed by atoms with Gasteiger partial charge < -0.3 is 4.98 Å². The Labute approximate surface area is 103 Å². The molecule has 1 aromatic carbocycles. The first kappa shape index (κ1) is 10.2. The van der Waals surface area contributed by atoms with Gasteiger partial charge in [0.05, 0.1) is 9.26 Å². The van der Waals surface area contributed by atoms with Gasteiger partial charge in [-0.25, -0.2) is 0 Å². The number of H-pyrrole nitrogens is 1. The van der Waals surface area contributed by atoms with Crippen LogP contribution in [0.15, 0.2) is 22.7 Å². The first-order chi connectivity index (χ1) is 6.59. The monoisotopic (exact) mass is 363 g/mol. The third-order valence-corrected chi connectivity index (χ3v) is 3.37. The molecule has 0 spiro atoms. The fraction of sp³-hybridized carbons (Fsp3) is 0.100. The van der Waals surface area contributed by atoms with E-state index in [9.17, 15) is 4.79 Å². The van der Waals surface area contributed by atoms with Gasteiger partial charge >= 0.3 is 0 Å². The zero-order valence-electron chi connectivity index (χ0n) is 7.40. The lowest BCUT2D eigenvalue weighted by Crippen LogP contribution is -1.92. The van der Waals surface area contributed by atoms with Gasteiger partial charge in [-0.2, -0.15) is 0 Å². The molecule has 1 heterocycles. The Hall–Kier alpha value is -0.360. The molecule has 72 valence electrons. The number of carbonyl (C=O) groups is 1. The van der Waals surface area contributed by atoms with E-state index in [4.69, 9.17) is 0 Å². The lowest BCUT2D eigenvalue weighted by Gasteiger charge is -1.94. The minimum absolute atomic E-state index is 0.1000. The molecule has 0 aliphatic rings. The Balaban J connectivity index is 2.84. The highest BCUT2D eigenvalue weighted by Gasteiger charge is 2.12. The van der Waals surface area contributed by atoms with Crippen LogP contribution in [0.3, 0.4) is 0 Å². The second-order valence-corrected chi connectivity index (χ2v) is 5.05. The molecule has 14 heavy (non-hydrogen) atoms. The second kappa shape index (κ2) is 3.66. The summed E-state index contributed by atoms with van der Waals surface area (Å²) in [5.74, 6) is 0.1000. The molecule has 2 rings (SSSR count). The molecular formula is C10H7BrINO. The predicted molar refractivity (Wildman–Crippen MR) is 68.7 cm³/mol. The molecule has 0 radical (unpaired) electrons. The number of ketones is 1. The molecule has 0 saturated carbocycles. The summed E-state index contributed by atoms with van der Waals surface area (Å²) in [6.07, 6.45) is 0. The molecule has 0 unspecified atom stereocenters. The van der Waals surface area contributed by atoms with Crippen molar-refractivity contribution in [3.63, 3.8) is 0 Å². The van der Waals surface area contributed by atoms with Gasteiger partial charge in [-0.1, -0.05) is 22.0 Å². The van der Waals surface area contributed by atoms with Crippen molar-refractivity contribution in [3.05, 3.63) is 31.9 Å². The standard InChI is InChI=1S/C10H7BrINO/c1-5(14)9-7-3-2-6(11)4-8(7)13-10(9)12/h2-4,13H,1H3. The Morgan fingerprint density at radius 1 is 1.50 bits per heavy atom. The van der Waals surface area contributed by atoms with Crippen molar-refractivity contribution in [2.45, 2.75) is 6.92 Å². The number of fused-ring (bicyclic) bond motifs is 1. The van der Waals surface area contributed by atoms with Crippen LogP contribution in [0, 0.1) is 3.70 Å². The van der Waals surface area contributed by atoms with Crippen molar-refractivity contribution in [3.8, 4) is 0 Å². The molecule has 1 aromatic heterocycles. The molecule has 4 heteroatoms. The van der Waals surface area contributed by atoms with Crippen LogP contribution in [0.1, 0.15) is 17.3 Å². The van der Waals surface area contributed by atoms with Gasteiger partial charge in [0, 0.05) is 15.4 Å². The van der Waals surface area contributed by atoms with Crippen molar-refractivity contribution >= 4 is 55.2 Å². The maximum atomic E-state index is 11.4. The van der Waals surface area contributed by atoms with Crippen LogP contribution in [-0.4, -0.2) is 10.8 Å². The van der Waals surface area contributed by atoms with Crippen molar-refractivity contribution in [2.24, 2.45) is 0 Å². The number of aromatic amines is 1. The number of nitrogens with one attached hydrogen (secondary N) is 1. The predicted octanol–water partition coefficient (Wildman–Crippen LogP) is 3.74. The average molecular weight is 364 g/mol. The Morgan fingerprint density at radius 2 is 2.21 bits per heavy atom. The van der Waals surface area contributed by atoms with Crippen LogP contribution in [0.5, 0.6) is 0 Å². The normalized spacial score (nSPS) is 10.8. The molecule has 2 aromatic rings. The summed E-state index contributed by atoms with van der Waals surface area (Å²) < 4.78 is 1.92. The number of Topliss-reactive ketones (excluding diaryl/α,β-unsaturated/α-hetero) is 1. The first-order valence-electron chi connectivity index (χ1n) is 4.07. The van der Waals surface area contributed by atoms with Crippen molar-refractivity contribution in [1.29, 1.82) is 0 Å². The minimum Gasteiger partial charge on any atom is -0.349 e. The number of aromatic nitrogens is 1. The quantitative estimate of drug-likeness (QED) is 0.607. The van der Waals surface area contributed by atoms with E-state index in [0.29, 0.717) is 0 Å². The van der Waals surface area contributed by atoms with Crippen molar-refractivity contribution < 1.29 is 4.79 Å². The average Bonchev–Trinajstić information content (AvgIpc) is 2.39. The van der Waals surface area contributed by atoms with Gasteiger partial charge in [0.25, 0.3) is 0 Å². The topological polar surface area (TPSA) is 32.9 Å². The lowest BCUT2D eigenvalue weighted by molar-refractivity contribution is 0.101. The molecule has 0 amide bonds. The number of carbonyl (C=O) groups excluding carboxylic acids is 1. The van der Waals surface area contributed by atoms with E-state index in [2.05, 4.69) is 43.5 Å². The molecule has 2 nitrogen and oxygen atoms in total. The SMILES string of the molecule is CC(=O)c1c(I)[nH]c2cc(Br)ccc12. The number of rotatable bonds is 1. The van der Waals surface area contributed by atoms with E-state index < -0.39 is 0 Å². The van der Waals surface area contributed by atoms with Crippen LogP contribution in [0.4, 0.5) is 0 Å².